The zero-order valence-corrected chi connectivity index (χ0v) is 17.4. The fraction of sp³-hybridized carbons (Fsp3) is 0.211. The zero-order chi connectivity index (χ0) is 21.5. The first-order valence-electron chi connectivity index (χ1n) is 9.47. The largest absolute Gasteiger partial charge is 0.493 e. The van der Waals surface area contributed by atoms with E-state index in [1.807, 2.05) is 0 Å². The van der Waals surface area contributed by atoms with Crippen molar-refractivity contribution in [3.05, 3.63) is 67.0 Å². The molecule has 3 aromatic heterocycles. The van der Waals surface area contributed by atoms with Crippen molar-refractivity contribution in [2.75, 3.05) is 5.32 Å². The van der Waals surface area contributed by atoms with E-state index < -0.39 is 5.69 Å². The lowest BCUT2D eigenvalue weighted by Gasteiger charge is -2.07. The smallest absolute Gasteiger partial charge is 0.326 e. The molecule has 1 fully saturated rings. The number of halogens is 2. The van der Waals surface area contributed by atoms with Crippen LogP contribution in [-0.2, 0) is 6.54 Å². The summed E-state index contributed by atoms with van der Waals surface area (Å²) in [7, 11) is 0. The average molecular weight is 459 g/mol. The summed E-state index contributed by atoms with van der Waals surface area (Å²) in [6.45, 7) is 0.359. The number of benzene rings is 1. The van der Waals surface area contributed by atoms with Gasteiger partial charge in [0.2, 0.25) is 11.8 Å². The Labute approximate surface area is 184 Å². The van der Waals surface area contributed by atoms with Crippen LogP contribution in [0.5, 0.6) is 5.88 Å². The van der Waals surface area contributed by atoms with Gasteiger partial charge in [-0.2, -0.15) is 19.6 Å². The van der Waals surface area contributed by atoms with Gasteiger partial charge in [0.25, 0.3) is 5.62 Å². The third-order valence-electron chi connectivity index (χ3n) is 4.70. The maximum Gasteiger partial charge on any atom is 0.326 e. The van der Waals surface area contributed by atoms with E-state index in [-0.39, 0.29) is 17.6 Å². The number of nitrogens with zero attached hydrogens (tertiary/aromatic N) is 5. The van der Waals surface area contributed by atoms with Gasteiger partial charge in [-0.25, -0.2) is 9.79 Å². The molecule has 0 atom stereocenters. The monoisotopic (exact) mass is 458 g/mol. The summed E-state index contributed by atoms with van der Waals surface area (Å²) in [6, 6.07) is 5.44. The molecule has 158 valence electrons. The molecule has 0 radical (unpaired) electrons. The molecular formula is C19H16Cl2N8O2. The number of aromatic nitrogens is 6. The van der Waals surface area contributed by atoms with Gasteiger partial charge in [-0.15, -0.1) is 0 Å². The standard InChI is InChI=1S/C19H16Cl2N8O2/c20-11-1-4-13(21)9(5-11)7-22-17-26-15-10(6-14-16(30)27-19(31)25-14)8-23-29(15)18(28-17)24-12-2-3-12/h1,4-6,8,12,30H,2-3,7H2,(H,22,24,28)(H2,25,27,31)/b10-6+. The Morgan fingerprint density at radius 3 is 2.87 bits per heavy atom. The Morgan fingerprint density at radius 1 is 1.29 bits per heavy atom. The molecule has 4 N–H and O–H groups in total. The van der Waals surface area contributed by atoms with E-state index in [4.69, 9.17) is 23.2 Å². The predicted octanol–water partition coefficient (Wildman–Crippen LogP) is 1.38. The molecule has 1 aliphatic rings. The zero-order valence-electron chi connectivity index (χ0n) is 15.9. The SMILES string of the molecule is O=c1[nH]c(O)c(/C=c2\cnn3c(=NC4CC4)nc(NCc4cc(Cl)ccc4Cl)nc23)[nH]1. The van der Waals surface area contributed by atoms with E-state index in [2.05, 4.69) is 35.3 Å². The molecule has 1 saturated carbocycles. The summed E-state index contributed by atoms with van der Waals surface area (Å²) in [5.74, 6) is 0.0696. The Kier molecular flexibility index (Phi) is 4.87. The lowest BCUT2D eigenvalue weighted by molar-refractivity contribution is 0.454. The number of aromatic hydroxyl groups is 1. The fourth-order valence-electron chi connectivity index (χ4n) is 3.01. The van der Waals surface area contributed by atoms with Crippen LogP contribution < -0.4 is 21.8 Å². The molecule has 0 spiro atoms. The number of fused-ring (bicyclic) bond motifs is 1. The highest BCUT2D eigenvalue weighted by Crippen LogP contribution is 2.23. The molecule has 5 rings (SSSR count). The minimum Gasteiger partial charge on any atom is -0.493 e. The van der Waals surface area contributed by atoms with Gasteiger partial charge in [0.1, 0.15) is 5.69 Å². The summed E-state index contributed by atoms with van der Waals surface area (Å²) in [6.07, 6.45) is 5.15. The molecular weight excluding hydrogens is 443 g/mol. The number of rotatable bonds is 5. The third kappa shape index (κ3) is 4.12. The van der Waals surface area contributed by atoms with E-state index >= 15 is 0 Å². The van der Waals surface area contributed by atoms with E-state index in [1.165, 1.54) is 4.52 Å². The molecule has 31 heavy (non-hydrogen) atoms. The second kappa shape index (κ2) is 7.71. The predicted molar refractivity (Wildman–Crippen MR) is 115 cm³/mol. The van der Waals surface area contributed by atoms with Gasteiger partial charge < -0.3 is 15.4 Å². The Bertz CT molecular complexity index is 1470. The normalized spacial score (nSPS) is 15.2. The Balaban J connectivity index is 1.59. The van der Waals surface area contributed by atoms with Crippen molar-refractivity contribution in [2.24, 2.45) is 4.99 Å². The molecule has 0 bridgehead atoms. The van der Waals surface area contributed by atoms with Gasteiger partial charge in [-0.3, -0.25) is 4.98 Å². The van der Waals surface area contributed by atoms with Crippen LogP contribution in [0.1, 0.15) is 24.1 Å². The second-order valence-corrected chi connectivity index (χ2v) is 7.96. The molecule has 0 aliphatic heterocycles. The number of imidazole rings is 1. The highest BCUT2D eigenvalue weighted by Gasteiger charge is 2.21. The van der Waals surface area contributed by atoms with Crippen molar-refractivity contribution in [1.29, 1.82) is 0 Å². The van der Waals surface area contributed by atoms with Gasteiger partial charge in [0.15, 0.2) is 5.65 Å². The molecule has 0 amide bonds. The number of hydrogen-bond acceptors (Lipinski definition) is 7. The first kappa shape index (κ1) is 19.6. The number of aromatic amines is 2. The molecule has 3 heterocycles. The van der Waals surface area contributed by atoms with Crippen LogP contribution in [0.2, 0.25) is 10.0 Å². The second-order valence-electron chi connectivity index (χ2n) is 7.12. The lowest BCUT2D eigenvalue weighted by Crippen LogP contribution is -2.24. The van der Waals surface area contributed by atoms with Crippen LogP contribution >= 0.6 is 23.2 Å². The van der Waals surface area contributed by atoms with E-state index in [1.54, 1.807) is 30.5 Å². The highest BCUT2D eigenvalue weighted by molar-refractivity contribution is 6.33. The molecule has 0 unspecified atom stereocenters. The number of hydrogen-bond donors (Lipinski definition) is 4. The van der Waals surface area contributed by atoms with Crippen molar-refractivity contribution in [3.8, 4) is 5.88 Å². The van der Waals surface area contributed by atoms with E-state index in [9.17, 15) is 9.90 Å². The molecule has 12 heteroatoms. The molecule has 0 saturated heterocycles. The quantitative estimate of drug-likeness (QED) is 0.356. The molecule has 1 aliphatic carbocycles. The van der Waals surface area contributed by atoms with Crippen molar-refractivity contribution < 1.29 is 5.11 Å². The van der Waals surface area contributed by atoms with Crippen LogP contribution in [0, 0.1) is 0 Å². The number of H-pyrrole nitrogens is 2. The van der Waals surface area contributed by atoms with Gasteiger partial charge >= 0.3 is 5.69 Å². The average Bonchev–Trinajstić information content (AvgIpc) is 3.37. The van der Waals surface area contributed by atoms with Crippen LogP contribution in [0.25, 0.3) is 11.7 Å². The van der Waals surface area contributed by atoms with Crippen LogP contribution in [0.15, 0.2) is 34.2 Å². The summed E-state index contributed by atoms with van der Waals surface area (Å²) in [5, 5.41) is 19.1. The minimum absolute atomic E-state index is 0.218. The Morgan fingerprint density at radius 2 is 2.13 bits per heavy atom. The van der Waals surface area contributed by atoms with E-state index in [0.29, 0.717) is 39.0 Å². The maximum absolute atomic E-state index is 11.4. The van der Waals surface area contributed by atoms with Crippen LogP contribution in [0.4, 0.5) is 5.95 Å². The van der Waals surface area contributed by atoms with Gasteiger partial charge in [-0.05, 0) is 42.7 Å². The Hall–Kier alpha value is -3.37. The first-order valence-corrected chi connectivity index (χ1v) is 10.2. The highest BCUT2D eigenvalue weighted by atomic mass is 35.5. The number of anilines is 1. The van der Waals surface area contributed by atoms with Crippen molar-refractivity contribution in [2.45, 2.75) is 25.4 Å². The third-order valence-corrected chi connectivity index (χ3v) is 5.31. The maximum atomic E-state index is 11.4. The van der Waals surface area contributed by atoms with Gasteiger partial charge in [-0.1, -0.05) is 23.2 Å². The van der Waals surface area contributed by atoms with Crippen LogP contribution in [-0.4, -0.2) is 40.7 Å². The van der Waals surface area contributed by atoms with Crippen molar-refractivity contribution in [3.63, 3.8) is 0 Å². The van der Waals surface area contributed by atoms with Gasteiger partial charge in [0, 0.05) is 21.8 Å². The van der Waals surface area contributed by atoms with Crippen molar-refractivity contribution in [1.82, 2.24) is 29.5 Å². The topological polar surface area (TPSA) is 136 Å². The van der Waals surface area contributed by atoms with E-state index in [0.717, 1.165) is 18.4 Å². The number of nitrogens with one attached hydrogen (secondary N) is 3. The summed E-state index contributed by atoms with van der Waals surface area (Å²) >= 11 is 12.3. The first-order chi connectivity index (χ1) is 15.0. The van der Waals surface area contributed by atoms with Gasteiger partial charge in [0.05, 0.1) is 12.2 Å². The van der Waals surface area contributed by atoms with Crippen molar-refractivity contribution >= 4 is 40.9 Å². The molecule has 10 nitrogen and oxygen atoms in total. The lowest BCUT2D eigenvalue weighted by atomic mass is 10.2. The minimum atomic E-state index is -0.514. The summed E-state index contributed by atoms with van der Waals surface area (Å²) < 4.78 is 1.53. The summed E-state index contributed by atoms with van der Waals surface area (Å²) in [4.78, 5) is 29.9. The molecule has 4 aromatic rings. The van der Waals surface area contributed by atoms with Crippen LogP contribution in [0.3, 0.4) is 0 Å². The fourth-order valence-corrected chi connectivity index (χ4v) is 3.39. The summed E-state index contributed by atoms with van der Waals surface area (Å²) in [5.41, 5.74) is 1.39. The molecule has 1 aromatic carbocycles.